The van der Waals surface area contributed by atoms with Crippen molar-refractivity contribution in [2.45, 2.75) is 13.3 Å². The second-order valence-corrected chi connectivity index (χ2v) is 3.55. The van der Waals surface area contributed by atoms with Crippen molar-refractivity contribution in [1.82, 2.24) is 9.78 Å². The molecule has 0 fully saturated rings. The lowest BCUT2D eigenvalue weighted by molar-refractivity contribution is 0.299. The molecule has 1 heterocycles. The van der Waals surface area contributed by atoms with E-state index in [0.29, 0.717) is 6.42 Å². The Bertz CT molecular complexity index is 448. The molecule has 0 bridgehead atoms. The van der Waals surface area contributed by atoms with E-state index in [4.69, 9.17) is 5.11 Å². The molecule has 0 saturated carbocycles. The molecule has 0 radical (unpaired) electrons. The number of nitrogens with zero attached hydrogens (tertiary/aromatic N) is 2. The summed E-state index contributed by atoms with van der Waals surface area (Å²) in [5.74, 6) is 0. The monoisotopic (exact) mass is 202 g/mol. The van der Waals surface area contributed by atoms with Crippen LogP contribution in [-0.2, 0) is 6.42 Å². The first-order valence-electron chi connectivity index (χ1n) is 5.01. The van der Waals surface area contributed by atoms with E-state index in [9.17, 15) is 0 Å². The third kappa shape index (κ3) is 2.07. The van der Waals surface area contributed by atoms with Gasteiger partial charge in [-0.2, -0.15) is 5.10 Å². The zero-order valence-corrected chi connectivity index (χ0v) is 8.72. The van der Waals surface area contributed by atoms with Gasteiger partial charge < -0.3 is 5.11 Å². The average molecular weight is 202 g/mol. The van der Waals surface area contributed by atoms with Gasteiger partial charge in [-0.25, -0.2) is 4.68 Å². The van der Waals surface area contributed by atoms with E-state index in [1.165, 1.54) is 5.56 Å². The van der Waals surface area contributed by atoms with Crippen LogP contribution in [0.4, 0.5) is 0 Å². The number of rotatable bonds is 3. The molecule has 0 saturated heterocycles. The van der Waals surface area contributed by atoms with Crippen molar-refractivity contribution in [2.24, 2.45) is 0 Å². The Morgan fingerprint density at radius 2 is 2.13 bits per heavy atom. The molecule has 1 aromatic carbocycles. The van der Waals surface area contributed by atoms with Gasteiger partial charge in [0, 0.05) is 12.8 Å². The van der Waals surface area contributed by atoms with Gasteiger partial charge in [0.05, 0.1) is 11.9 Å². The summed E-state index contributed by atoms with van der Waals surface area (Å²) in [7, 11) is 0. The summed E-state index contributed by atoms with van der Waals surface area (Å²) in [5, 5.41) is 13.1. The molecular formula is C12H14N2O. The van der Waals surface area contributed by atoms with E-state index in [1.807, 2.05) is 29.1 Å². The van der Waals surface area contributed by atoms with Crippen LogP contribution in [0.5, 0.6) is 0 Å². The van der Waals surface area contributed by atoms with Crippen LogP contribution >= 0.6 is 0 Å². The van der Waals surface area contributed by atoms with Gasteiger partial charge in [-0.3, -0.25) is 0 Å². The first-order chi connectivity index (χ1) is 7.31. The molecule has 1 aromatic heterocycles. The Labute approximate surface area is 89.0 Å². The van der Waals surface area contributed by atoms with Gasteiger partial charge in [0.25, 0.3) is 0 Å². The van der Waals surface area contributed by atoms with Gasteiger partial charge in [0.15, 0.2) is 0 Å². The first kappa shape index (κ1) is 9.93. The molecule has 3 nitrogen and oxygen atoms in total. The summed E-state index contributed by atoms with van der Waals surface area (Å²) in [5.41, 5.74) is 3.33. The van der Waals surface area contributed by atoms with Crippen LogP contribution in [0.1, 0.15) is 11.1 Å². The Morgan fingerprint density at radius 3 is 2.87 bits per heavy atom. The summed E-state index contributed by atoms with van der Waals surface area (Å²) in [4.78, 5) is 0. The predicted octanol–water partition coefficient (Wildman–Crippen LogP) is 1.72. The fourth-order valence-corrected chi connectivity index (χ4v) is 1.57. The quantitative estimate of drug-likeness (QED) is 0.822. The number of aromatic nitrogens is 2. The van der Waals surface area contributed by atoms with Crippen LogP contribution in [0.25, 0.3) is 5.69 Å². The van der Waals surface area contributed by atoms with Crippen molar-refractivity contribution in [3.8, 4) is 5.69 Å². The van der Waals surface area contributed by atoms with Crippen molar-refractivity contribution in [1.29, 1.82) is 0 Å². The largest absolute Gasteiger partial charge is 0.396 e. The molecule has 1 N–H and O–H groups in total. The van der Waals surface area contributed by atoms with Crippen LogP contribution in [0.2, 0.25) is 0 Å². The molecular weight excluding hydrogens is 188 g/mol. The van der Waals surface area contributed by atoms with Gasteiger partial charge in [-0.1, -0.05) is 18.2 Å². The number of aliphatic hydroxyl groups is 1. The van der Waals surface area contributed by atoms with Crippen LogP contribution in [0.3, 0.4) is 0 Å². The van der Waals surface area contributed by atoms with Crippen LogP contribution in [0.15, 0.2) is 36.7 Å². The molecule has 78 valence electrons. The van der Waals surface area contributed by atoms with Crippen molar-refractivity contribution in [2.75, 3.05) is 6.61 Å². The van der Waals surface area contributed by atoms with Gasteiger partial charge in [-0.15, -0.1) is 0 Å². The van der Waals surface area contributed by atoms with E-state index in [-0.39, 0.29) is 6.61 Å². The smallest absolute Gasteiger partial charge is 0.0674 e. The highest BCUT2D eigenvalue weighted by atomic mass is 16.2. The minimum Gasteiger partial charge on any atom is -0.396 e. The van der Waals surface area contributed by atoms with Gasteiger partial charge in [0.2, 0.25) is 0 Å². The second-order valence-electron chi connectivity index (χ2n) is 3.55. The zero-order chi connectivity index (χ0) is 10.7. The summed E-state index contributed by atoms with van der Waals surface area (Å²) in [6, 6.07) is 8.10. The Hall–Kier alpha value is -1.61. The normalized spacial score (nSPS) is 10.5. The van der Waals surface area contributed by atoms with Crippen molar-refractivity contribution >= 4 is 0 Å². The molecule has 0 aliphatic rings. The highest BCUT2D eigenvalue weighted by Gasteiger charge is 2.02. The van der Waals surface area contributed by atoms with E-state index in [2.05, 4.69) is 18.1 Å². The lowest BCUT2D eigenvalue weighted by atomic mass is 10.2. The Kier molecular flexibility index (Phi) is 2.83. The number of para-hydroxylation sites is 1. The standard InChI is InChI=1S/C12H14N2O/c1-10-4-2-3-5-12(10)14-9-11(6-7-15)8-13-14/h2-5,8-9,15H,6-7H2,1H3. The molecule has 0 aliphatic heterocycles. The highest BCUT2D eigenvalue weighted by Crippen LogP contribution is 2.13. The SMILES string of the molecule is Cc1ccccc1-n1cc(CCO)cn1. The molecule has 15 heavy (non-hydrogen) atoms. The highest BCUT2D eigenvalue weighted by molar-refractivity contribution is 5.39. The molecule has 2 aromatic rings. The fraction of sp³-hybridized carbons (Fsp3) is 0.250. The fourth-order valence-electron chi connectivity index (χ4n) is 1.57. The van der Waals surface area contributed by atoms with E-state index in [1.54, 1.807) is 6.20 Å². The van der Waals surface area contributed by atoms with Gasteiger partial charge in [0.1, 0.15) is 0 Å². The van der Waals surface area contributed by atoms with Crippen LogP contribution in [-0.4, -0.2) is 21.5 Å². The van der Waals surface area contributed by atoms with Crippen LogP contribution < -0.4 is 0 Å². The van der Waals surface area contributed by atoms with E-state index in [0.717, 1.165) is 11.3 Å². The maximum absolute atomic E-state index is 8.82. The number of aryl methyl sites for hydroxylation is 1. The number of hydrogen-bond donors (Lipinski definition) is 1. The third-order valence-electron chi connectivity index (χ3n) is 2.40. The van der Waals surface area contributed by atoms with Crippen molar-refractivity contribution in [3.63, 3.8) is 0 Å². The summed E-state index contributed by atoms with van der Waals surface area (Å²) < 4.78 is 1.85. The lowest BCUT2D eigenvalue weighted by Gasteiger charge is -2.04. The number of aliphatic hydroxyl groups excluding tert-OH is 1. The molecule has 2 rings (SSSR count). The van der Waals surface area contributed by atoms with E-state index >= 15 is 0 Å². The maximum atomic E-state index is 8.82. The number of hydrogen-bond acceptors (Lipinski definition) is 2. The molecule has 0 spiro atoms. The third-order valence-corrected chi connectivity index (χ3v) is 2.40. The average Bonchev–Trinajstić information content (AvgIpc) is 2.68. The van der Waals surface area contributed by atoms with Crippen LogP contribution in [0, 0.1) is 6.92 Å². The summed E-state index contributed by atoms with van der Waals surface area (Å²) in [6.45, 7) is 2.22. The summed E-state index contributed by atoms with van der Waals surface area (Å²) >= 11 is 0. The van der Waals surface area contributed by atoms with Crippen molar-refractivity contribution in [3.05, 3.63) is 47.8 Å². The zero-order valence-electron chi connectivity index (χ0n) is 8.72. The Balaban J connectivity index is 2.33. The lowest BCUT2D eigenvalue weighted by Crippen LogP contribution is -1.96. The molecule has 0 amide bonds. The molecule has 0 atom stereocenters. The van der Waals surface area contributed by atoms with Gasteiger partial charge >= 0.3 is 0 Å². The Morgan fingerprint density at radius 1 is 1.33 bits per heavy atom. The topological polar surface area (TPSA) is 38.0 Å². The maximum Gasteiger partial charge on any atom is 0.0674 e. The first-order valence-corrected chi connectivity index (χ1v) is 5.01. The second kappa shape index (κ2) is 4.28. The molecule has 0 aliphatic carbocycles. The molecule has 0 unspecified atom stereocenters. The predicted molar refractivity (Wildman–Crippen MR) is 59.1 cm³/mol. The number of benzene rings is 1. The van der Waals surface area contributed by atoms with Gasteiger partial charge in [-0.05, 0) is 30.5 Å². The van der Waals surface area contributed by atoms with Crippen molar-refractivity contribution < 1.29 is 5.11 Å². The summed E-state index contributed by atoms with van der Waals surface area (Å²) in [6.07, 6.45) is 4.41. The minimum absolute atomic E-state index is 0.166. The van der Waals surface area contributed by atoms with E-state index < -0.39 is 0 Å². The minimum atomic E-state index is 0.166. The molecule has 3 heteroatoms.